The molecule has 140 valence electrons. The van der Waals surface area contributed by atoms with Gasteiger partial charge in [-0.25, -0.2) is 14.1 Å². The Morgan fingerprint density at radius 2 is 2.19 bits per heavy atom. The zero-order valence-corrected chi connectivity index (χ0v) is 15.2. The molecule has 0 aliphatic carbocycles. The molecular weight excluding hydrogens is 373 g/mol. The molecule has 0 saturated carbocycles. The Hall–Kier alpha value is -2.88. The van der Waals surface area contributed by atoms with E-state index in [0.29, 0.717) is 30.0 Å². The molecule has 0 bridgehead atoms. The van der Waals surface area contributed by atoms with Crippen molar-refractivity contribution in [3.63, 3.8) is 0 Å². The van der Waals surface area contributed by atoms with E-state index in [2.05, 4.69) is 14.9 Å². The highest BCUT2D eigenvalue weighted by Crippen LogP contribution is 2.31. The zero-order valence-electron chi connectivity index (χ0n) is 14.4. The number of nitrogens with one attached hydrogen (secondary N) is 1. The predicted octanol–water partition coefficient (Wildman–Crippen LogP) is 1.72. The van der Waals surface area contributed by atoms with Crippen molar-refractivity contribution in [3.8, 4) is 0 Å². The summed E-state index contributed by atoms with van der Waals surface area (Å²) in [6, 6.07) is 4.03. The third-order valence-electron chi connectivity index (χ3n) is 4.80. The minimum atomic E-state index is -0.666. The van der Waals surface area contributed by atoms with Crippen LogP contribution in [0, 0.1) is 12.7 Å². The summed E-state index contributed by atoms with van der Waals surface area (Å²) in [5.41, 5.74) is 0.769. The number of carbonyl (C=O) groups is 3. The van der Waals surface area contributed by atoms with Crippen LogP contribution < -0.4 is 10.2 Å². The largest absolute Gasteiger partial charge is 0.348 e. The van der Waals surface area contributed by atoms with Gasteiger partial charge >= 0.3 is 6.03 Å². The van der Waals surface area contributed by atoms with Crippen LogP contribution in [0.4, 0.5) is 14.9 Å². The fraction of sp³-hybridized carbons (Fsp3) is 0.353. The van der Waals surface area contributed by atoms with E-state index in [1.165, 1.54) is 23.1 Å². The molecule has 1 aromatic heterocycles. The first kappa shape index (κ1) is 17.5. The van der Waals surface area contributed by atoms with E-state index in [0.717, 1.165) is 22.5 Å². The van der Waals surface area contributed by atoms with Crippen molar-refractivity contribution in [2.75, 3.05) is 11.4 Å². The summed E-state index contributed by atoms with van der Waals surface area (Å²) < 4.78 is 17.2. The van der Waals surface area contributed by atoms with Crippen LogP contribution in [0.25, 0.3) is 0 Å². The quantitative estimate of drug-likeness (QED) is 0.807. The van der Waals surface area contributed by atoms with E-state index < -0.39 is 23.8 Å². The van der Waals surface area contributed by atoms with Crippen molar-refractivity contribution in [1.29, 1.82) is 0 Å². The lowest BCUT2D eigenvalue weighted by atomic mass is 9.98. The molecule has 2 aliphatic rings. The molecule has 2 aliphatic heterocycles. The minimum Gasteiger partial charge on any atom is -0.348 e. The Morgan fingerprint density at radius 1 is 1.37 bits per heavy atom. The summed E-state index contributed by atoms with van der Waals surface area (Å²) >= 11 is 1.02. The first-order chi connectivity index (χ1) is 13.0. The molecule has 1 N–H and O–H groups in total. The minimum absolute atomic E-state index is 0.214. The standard InChI is InChI=1S/C17H16FN5O3S/c1-9-14(27-21-20-9)15(24)19-11-5-6-22-13(8-11)16(25)23(17(22)26)12-4-2-3-10(18)7-12/h2-4,7,11,13H,5-6,8H2,1H3,(H,19,24)/t11-,13+/m1/s1. The van der Waals surface area contributed by atoms with Crippen molar-refractivity contribution >= 4 is 35.1 Å². The third-order valence-corrected chi connectivity index (χ3v) is 5.63. The Kier molecular flexibility index (Phi) is 4.34. The number of urea groups is 1. The lowest BCUT2D eigenvalue weighted by Crippen LogP contribution is -2.49. The summed E-state index contributed by atoms with van der Waals surface area (Å²) in [4.78, 5) is 40.7. The Bertz CT molecular complexity index is 933. The monoisotopic (exact) mass is 389 g/mol. The second-order valence-corrected chi connectivity index (χ2v) is 7.28. The smallest absolute Gasteiger partial charge is 0.332 e. The molecule has 0 radical (unpaired) electrons. The van der Waals surface area contributed by atoms with Crippen molar-refractivity contribution in [2.45, 2.75) is 31.8 Å². The van der Waals surface area contributed by atoms with Gasteiger partial charge in [0.1, 0.15) is 16.7 Å². The van der Waals surface area contributed by atoms with Crippen molar-refractivity contribution in [3.05, 3.63) is 40.7 Å². The predicted molar refractivity (Wildman–Crippen MR) is 94.9 cm³/mol. The zero-order chi connectivity index (χ0) is 19.1. The van der Waals surface area contributed by atoms with Crippen LogP contribution in [0.5, 0.6) is 0 Å². The molecule has 1 aromatic carbocycles. The summed E-state index contributed by atoms with van der Waals surface area (Å²) in [5.74, 6) is -1.20. The highest BCUT2D eigenvalue weighted by Gasteiger charge is 2.48. The Balaban J connectivity index is 1.50. The average molecular weight is 389 g/mol. The van der Waals surface area contributed by atoms with Crippen LogP contribution in [0.3, 0.4) is 0 Å². The molecular formula is C17H16FN5O3S. The van der Waals surface area contributed by atoms with Gasteiger partial charge in [0, 0.05) is 12.6 Å². The summed E-state index contributed by atoms with van der Waals surface area (Å²) in [7, 11) is 0. The number of fused-ring (bicyclic) bond motifs is 1. The van der Waals surface area contributed by atoms with Gasteiger partial charge in [0.05, 0.1) is 11.4 Å². The normalized spacial score (nSPS) is 22.1. The molecule has 4 amide bonds. The van der Waals surface area contributed by atoms with Gasteiger partial charge in [0.25, 0.3) is 11.8 Å². The molecule has 2 atom stereocenters. The maximum atomic E-state index is 13.5. The first-order valence-electron chi connectivity index (χ1n) is 8.45. The van der Waals surface area contributed by atoms with Gasteiger partial charge in [-0.3, -0.25) is 9.59 Å². The van der Waals surface area contributed by atoms with Crippen LogP contribution in [-0.4, -0.2) is 51.0 Å². The maximum Gasteiger partial charge on any atom is 0.332 e. The lowest BCUT2D eigenvalue weighted by Gasteiger charge is -2.32. The van der Waals surface area contributed by atoms with Crippen LogP contribution in [-0.2, 0) is 4.79 Å². The molecule has 2 fully saturated rings. The van der Waals surface area contributed by atoms with Crippen LogP contribution >= 0.6 is 11.5 Å². The van der Waals surface area contributed by atoms with Crippen molar-refractivity contribution < 1.29 is 18.8 Å². The lowest BCUT2D eigenvalue weighted by molar-refractivity contribution is -0.120. The number of piperidine rings is 1. The number of amides is 4. The van der Waals surface area contributed by atoms with E-state index in [9.17, 15) is 18.8 Å². The number of rotatable bonds is 3. The highest BCUT2D eigenvalue weighted by atomic mass is 32.1. The van der Waals surface area contributed by atoms with E-state index >= 15 is 0 Å². The number of aromatic nitrogens is 2. The Labute approximate surface area is 158 Å². The molecule has 8 nitrogen and oxygen atoms in total. The number of benzene rings is 1. The molecule has 10 heteroatoms. The Morgan fingerprint density at radius 3 is 2.89 bits per heavy atom. The van der Waals surface area contributed by atoms with Gasteiger partial charge in [-0.15, -0.1) is 5.10 Å². The van der Waals surface area contributed by atoms with Gasteiger partial charge in [-0.2, -0.15) is 0 Å². The van der Waals surface area contributed by atoms with Gasteiger partial charge in [-0.05, 0) is 49.5 Å². The number of hydrogen-bond acceptors (Lipinski definition) is 6. The third kappa shape index (κ3) is 3.05. The van der Waals surface area contributed by atoms with E-state index in [4.69, 9.17) is 0 Å². The molecule has 4 rings (SSSR count). The number of aryl methyl sites for hydroxylation is 1. The molecule has 2 aromatic rings. The number of halogens is 1. The summed E-state index contributed by atoms with van der Waals surface area (Å²) in [6.07, 6.45) is 0.844. The molecule has 27 heavy (non-hydrogen) atoms. The first-order valence-corrected chi connectivity index (χ1v) is 9.23. The van der Waals surface area contributed by atoms with Gasteiger partial charge in [0.15, 0.2) is 0 Å². The average Bonchev–Trinajstić information content (AvgIpc) is 3.17. The molecule has 0 spiro atoms. The fourth-order valence-corrected chi connectivity index (χ4v) is 4.03. The number of anilines is 1. The SMILES string of the molecule is Cc1nnsc1C(=O)N[C@@H]1CCN2C(=O)N(c3cccc(F)c3)C(=O)[C@@H]2C1. The van der Waals surface area contributed by atoms with Crippen LogP contribution in [0.1, 0.15) is 28.2 Å². The fourth-order valence-electron chi connectivity index (χ4n) is 3.47. The number of imide groups is 1. The van der Waals surface area contributed by atoms with E-state index in [1.807, 2.05) is 0 Å². The van der Waals surface area contributed by atoms with Gasteiger partial charge < -0.3 is 10.2 Å². The van der Waals surface area contributed by atoms with Gasteiger partial charge in [0.2, 0.25) is 0 Å². The summed E-state index contributed by atoms with van der Waals surface area (Å²) in [6.45, 7) is 2.04. The van der Waals surface area contributed by atoms with Crippen LogP contribution in [0.2, 0.25) is 0 Å². The second kappa shape index (κ2) is 6.69. The van der Waals surface area contributed by atoms with Gasteiger partial charge in [-0.1, -0.05) is 10.6 Å². The highest BCUT2D eigenvalue weighted by molar-refractivity contribution is 7.08. The maximum absolute atomic E-state index is 13.5. The van der Waals surface area contributed by atoms with E-state index in [1.54, 1.807) is 6.92 Å². The number of nitrogens with zero attached hydrogens (tertiary/aromatic N) is 4. The van der Waals surface area contributed by atoms with Crippen LogP contribution in [0.15, 0.2) is 24.3 Å². The second-order valence-electron chi connectivity index (χ2n) is 6.53. The molecule has 2 saturated heterocycles. The summed E-state index contributed by atoms with van der Waals surface area (Å²) in [5, 5.41) is 6.72. The van der Waals surface area contributed by atoms with Crippen molar-refractivity contribution in [1.82, 2.24) is 19.8 Å². The molecule has 3 heterocycles. The van der Waals surface area contributed by atoms with Crippen molar-refractivity contribution in [2.24, 2.45) is 0 Å². The number of hydrogen-bond donors (Lipinski definition) is 1. The van der Waals surface area contributed by atoms with E-state index in [-0.39, 0.29) is 17.6 Å². The number of carbonyl (C=O) groups excluding carboxylic acids is 3. The molecule has 0 unspecified atom stereocenters. The topological polar surface area (TPSA) is 95.5 Å².